The standard InChI is InChI=1S/C13H16N2O3/c1-13(2,3)18-12(17)15-8-9-4-5-10(7-14)11(16)6-9/h4-6,16H,8H2,1-3H3,(H,15,17). The summed E-state index contributed by atoms with van der Waals surface area (Å²) in [7, 11) is 0. The van der Waals surface area contributed by atoms with E-state index >= 15 is 0 Å². The van der Waals surface area contributed by atoms with Crippen LogP contribution in [0.1, 0.15) is 31.9 Å². The minimum Gasteiger partial charge on any atom is -0.507 e. The molecule has 0 spiro atoms. The van der Waals surface area contributed by atoms with E-state index < -0.39 is 11.7 Å². The van der Waals surface area contributed by atoms with Crippen LogP contribution in [0.5, 0.6) is 5.75 Å². The zero-order valence-corrected chi connectivity index (χ0v) is 10.7. The number of aromatic hydroxyl groups is 1. The molecule has 1 amide bonds. The Morgan fingerprint density at radius 3 is 2.67 bits per heavy atom. The molecule has 0 saturated heterocycles. The third kappa shape index (κ3) is 4.34. The van der Waals surface area contributed by atoms with E-state index in [4.69, 9.17) is 10.00 Å². The van der Waals surface area contributed by atoms with E-state index in [1.54, 1.807) is 26.8 Å². The van der Waals surface area contributed by atoms with Crippen LogP contribution in [-0.4, -0.2) is 16.8 Å². The lowest BCUT2D eigenvalue weighted by Gasteiger charge is -2.19. The lowest BCUT2D eigenvalue weighted by molar-refractivity contribution is 0.0523. The number of carbonyl (C=O) groups excluding carboxylic acids is 1. The lowest BCUT2D eigenvalue weighted by Crippen LogP contribution is -2.32. The van der Waals surface area contributed by atoms with Crippen molar-refractivity contribution in [3.05, 3.63) is 29.3 Å². The number of carbonyl (C=O) groups is 1. The van der Waals surface area contributed by atoms with Crippen molar-refractivity contribution in [2.75, 3.05) is 0 Å². The second-order valence-electron chi connectivity index (χ2n) is 4.82. The van der Waals surface area contributed by atoms with Gasteiger partial charge in [0, 0.05) is 6.54 Å². The van der Waals surface area contributed by atoms with Gasteiger partial charge in [-0.1, -0.05) is 6.07 Å². The summed E-state index contributed by atoms with van der Waals surface area (Å²) in [5, 5.41) is 20.7. The summed E-state index contributed by atoms with van der Waals surface area (Å²) in [5.74, 6) is -0.0963. The number of alkyl carbamates (subject to hydrolysis) is 1. The van der Waals surface area contributed by atoms with Crippen molar-refractivity contribution in [2.45, 2.75) is 32.9 Å². The molecule has 0 bridgehead atoms. The first-order valence-electron chi connectivity index (χ1n) is 5.50. The minimum atomic E-state index is -0.545. The maximum atomic E-state index is 11.4. The molecule has 18 heavy (non-hydrogen) atoms. The fraction of sp³-hybridized carbons (Fsp3) is 0.385. The maximum Gasteiger partial charge on any atom is 0.407 e. The summed E-state index contributed by atoms with van der Waals surface area (Å²) in [4.78, 5) is 11.4. The van der Waals surface area contributed by atoms with Gasteiger partial charge in [-0.05, 0) is 38.5 Å². The predicted molar refractivity (Wildman–Crippen MR) is 65.9 cm³/mol. The van der Waals surface area contributed by atoms with Crippen LogP contribution in [0.4, 0.5) is 4.79 Å². The van der Waals surface area contributed by atoms with E-state index in [9.17, 15) is 9.90 Å². The normalized spacial score (nSPS) is 10.6. The van der Waals surface area contributed by atoms with Gasteiger partial charge in [-0.25, -0.2) is 4.79 Å². The van der Waals surface area contributed by atoms with Crippen LogP contribution in [-0.2, 0) is 11.3 Å². The maximum absolute atomic E-state index is 11.4. The van der Waals surface area contributed by atoms with Crippen molar-refractivity contribution in [1.29, 1.82) is 5.26 Å². The molecule has 5 nitrogen and oxygen atoms in total. The molecule has 0 atom stereocenters. The van der Waals surface area contributed by atoms with Crippen molar-refractivity contribution in [3.63, 3.8) is 0 Å². The molecule has 96 valence electrons. The molecule has 0 radical (unpaired) electrons. The highest BCUT2D eigenvalue weighted by atomic mass is 16.6. The summed E-state index contributed by atoms with van der Waals surface area (Å²) >= 11 is 0. The Morgan fingerprint density at radius 2 is 2.17 bits per heavy atom. The molecule has 0 aliphatic rings. The molecule has 0 fully saturated rings. The minimum absolute atomic E-state index is 0.0963. The SMILES string of the molecule is CC(C)(C)OC(=O)NCc1ccc(C#N)c(O)c1. The molecular weight excluding hydrogens is 232 g/mol. The zero-order valence-electron chi connectivity index (χ0n) is 10.7. The molecule has 0 heterocycles. The summed E-state index contributed by atoms with van der Waals surface area (Å²) in [6.07, 6.45) is -0.522. The van der Waals surface area contributed by atoms with Gasteiger partial charge in [-0.3, -0.25) is 0 Å². The Hall–Kier alpha value is -2.22. The molecule has 1 aromatic rings. The van der Waals surface area contributed by atoms with E-state index in [0.29, 0.717) is 5.56 Å². The molecule has 1 aromatic carbocycles. The van der Waals surface area contributed by atoms with E-state index in [-0.39, 0.29) is 17.9 Å². The second kappa shape index (κ2) is 5.41. The molecule has 0 aliphatic heterocycles. The number of amides is 1. The highest BCUT2D eigenvalue weighted by Crippen LogP contribution is 2.17. The Bertz CT molecular complexity index is 484. The molecule has 0 saturated carbocycles. The molecule has 5 heteroatoms. The number of rotatable bonds is 2. The number of phenols is 1. The molecule has 2 N–H and O–H groups in total. The fourth-order valence-electron chi connectivity index (χ4n) is 1.27. The number of nitrogens with zero attached hydrogens (tertiary/aromatic N) is 1. The van der Waals surface area contributed by atoms with Crippen molar-refractivity contribution in [3.8, 4) is 11.8 Å². The Labute approximate surface area is 106 Å². The number of nitrogens with one attached hydrogen (secondary N) is 1. The van der Waals surface area contributed by atoms with Gasteiger partial charge < -0.3 is 15.2 Å². The van der Waals surface area contributed by atoms with Crippen LogP contribution in [0.15, 0.2) is 18.2 Å². The third-order valence-corrected chi connectivity index (χ3v) is 2.02. The number of phenolic OH excluding ortho intramolecular Hbond substituents is 1. The van der Waals surface area contributed by atoms with Gasteiger partial charge in [0.2, 0.25) is 0 Å². The zero-order chi connectivity index (χ0) is 13.8. The van der Waals surface area contributed by atoms with Crippen LogP contribution in [0.3, 0.4) is 0 Å². The van der Waals surface area contributed by atoms with Crippen LogP contribution in [0, 0.1) is 11.3 Å². The van der Waals surface area contributed by atoms with E-state index in [2.05, 4.69) is 5.32 Å². The van der Waals surface area contributed by atoms with Gasteiger partial charge in [-0.2, -0.15) is 5.26 Å². The highest BCUT2D eigenvalue weighted by molar-refractivity contribution is 5.67. The lowest BCUT2D eigenvalue weighted by atomic mass is 10.1. The summed E-state index contributed by atoms with van der Waals surface area (Å²) in [6, 6.07) is 6.46. The van der Waals surface area contributed by atoms with Gasteiger partial charge in [0.25, 0.3) is 0 Å². The largest absolute Gasteiger partial charge is 0.507 e. The number of benzene rings is 1. The number of nitriles is 1. The molecule has 0 aliphatic carbocycles. The van der Waals surface area contributed by atoms with E-state index in [0.717, 1.165) is 0 Å². The highest BCUT2D eigenvalue weighted by Gasteiger charge is 2.15. The van der Waals surface area contributed by atoms with Gasteiger partial charge >= 0.3 is 6.09 Å². The smallest absolute Gasteiger partial charge is 0.407 e. The van der Waals surface area contributed by atoms with Crippen LogP contribution in [0.25, 0.3) is 0 Å². The quantitative estimate of drug-likeness (QED) is 0.841. The Balaban J connectivity index is 2.57. The third-order valence-electron chi connectivity index (χ3n) is 2.02. The van der Waals surface area contributed by atoms with Gasteiger partial charge in [-0.15, -0.1) is 0 Å². The van der Waals surface area contributed by atoms with Gasteiger partial charge in [0.1, 0.15) is 17.4 Å². The molecule has 1 rings (SSSR count). The summed E-state index contributed by atoms with van der Waals surface area (Å²) in [5.41, 5.74) is 0.352. The molecule has 0 aromatic heterocycles. The van der Waals surface area contributed by atoms with Gasteiger partial charge in [0.05, 0.1) is 5.56 Å². The van der Waals surface area contributed by atoms with E-state index in [1.807, 2.05) is 6.07 Å². The van der Waals surface area contributed by atoms with Crippen molar-refractivity contribution in [2.24, 2.45) is 0 Å². The van der Waals surface area contributed by atoms with Crippen LogP contribution in [0.2, 0.25) is 0 Å². The first-order chi connectivity index (χ1) is 8.31. The first kappa shape index (κ1) is 13.8. The molecule has 0 unspecified atom stereocenters. The van der Waals surface area contributed by atoms with Crippen LogP contribution >= 0.6 is 0 Å². The average molecular weight is 248 g/mol. The second-order valence-corrected chi connectivity index (χ2v) is 4.82. The predicted octanol–water partition coefficient (Wildman–Crippen LogP) is 2.29. The number of hydrogen-bond acceptors (Lipinski definition) is 4. The summed E-state index contributed by atoms with van der Waals surface area (Å²) < 4.78 is 5.07. The fourth-order valence-corrected chi connectivity index (χ4v) is 1.27. The van der Waals surface area contributed by atoms with Crippen molar-refractivity contribution >= 4 is 6.09 Å². The number of ether oxygens (including phenoxy) is 1. The summed E-state index contributed by atoms with van der Waals surface area (Å²) in [6.45, 7) is 5.56. The van der Waals surface area contributed by atoms with Crippen molar-refractivity contribution < 1.29 is 14.6 Å². The van der Waals surface area contributed by atoms with Crippen molar-refractivity contribution in [1.82, 2.24) is 5.32 Å². The van der Waals surface area contributed by atoms with Crippen LogP contribution < -0.4 is 5.32 Å². The van der Waals surface area contributed by atoms with E-state index in [1.165, 1.54) is 12.1 Å². The van der Waals surface area contributed by atoms with Gasteiger partial charge in [0.15, 0.2) is 0 Å². The average Bonchev–Trinajstić information content (AvgIpc) is 2.24. The first-order valence-corrected chi connectivity index (χ1v) is 5.50. The Kier molecular flexibility index (Phi) is 4.16. The topological polar surface area (TPSA) is 82.3 Å². The number of hydrogen-bond donors (Lipinski definition) is 2. The monoisotopic (exact) mass is 248 g/mol. The Morgan fingerprint density at radius 1 is 1.50 bits per heavy atom. The molecular formula is C13H16N2O3.